The number of nitrogens with zero attached hydrogens (tertiary/aromatic N) is 2. The van der Waals surface area contributed by atoms with Crippen LogP contribution >= 0.6 is 11.6 Å². The van der Waals surface area contributed by atoms with E-state index in [2.05, 4.69) is 10.3 Å². The highest BCUT2D eigenvalue weighted by Crippen LogP contribution is 2.25. The number of aromatic nitrogens is 2. The zero-order valence-electron chi connectivity index (χ0n) is 18.4. The summed E-state index contributed by atoms with van der Waals surface area (Å²) < 4.78 is 17.5. The summed E-state index contributed by atoms with van der Waals surface area (Å²) >= 11 is 6.17. The average Bonchev–Trinajstić information content (AvgIpc) is 3.11. The molecule has 170 valence electrons. The summed E-state index contributed by atoms with van der Waals surface area (Å²) in [6.45, 7) is 6.52. The third-order valence-corrected chi connectivity index (χ3v) is 5.30. The molecule has 0 bridgehead atoms. The quantitative estimate of drug-likeness (QED) is 0.523. The van der Waals surface area contributed by atoms with Crippen molar-refractivity contribution in [3.05, 3.63) is 29.0 Å². The SMILES string of the molecule is COCCOC1CCC(NC(=O)c2cc(Cl)nc3c2ccn3C(=O)OC(C)(C)C)CC1. The monoisotopic (exact) mass is 451 g/mol. The van der Waals surface area contributed by atoms with Gasteiger partial charge in [0.1, 0.15) is 10.8 Å². The van der Waals surface area contributed by atoms with Crippen molar-refractivity contribution in [2.45, 2.75) is 64.2 Å². The van der Waals surface area contributed by atoms with Gasteiger partial charge in [-0.05, 0) is 58.6 Å². The maximum Gasteiger partial charge on any atom is 0.420 e. The van der Waals surface area contributed by atoms with E-state index in [1.165, 1.54) is 10.6 Å². The normalized spacial score (nSPS) is 19.4. The number of halogens is 1. The molecule has 1 aliphatic rings. The number of rotatable bonds is 6. The molecule has 2 heterocycles. The van der Waals surface area contributed by atoms with Crippen LogP contribution in [0.15, 0.2) is 18.3 Å². The maximum atomic E-state index is 13.0. The third-order valence-electron chi connectivity index (χ3n) is 5.11. The van der Waals surface area contributed by atoms with E-state index < -0.39 is 11.7 Å². The van der Waals surface area contributed by atoms with Gasteiger partial charge in [-0.15, -0.1) is 0 Å². The topological polar surface area (TPSA) is 91.7 Å². The molecule has 0 spiro atoms. The summed E-state index contributed by atoms with van der Waals surface area (Å²) in [5.74, 6) is -0.236. The summed E-state index contributed by atoms with van der Waals surface area (Å²) in [6.07, 6.45) is 4.62. The molecule has 3 rings (SSSR count). The highest BCUT2D eigenvalue weighted by atomic mass is 35.5. The Kier molecular flexibility index (Phi) is 7.56. The van der Waals surface area contributed by atoms with Crippen molar-refractivity contribution in [1.82, 2.24) is 14.9 Å². The van der Waals surface area contributed by atoms with Crippen molar-refractivity contribution in [2.24, 2.45) is 0 Å². The Bertz CT molecular complexity index is 929. The lowest BCUT2D eigenvalue weighted by Gasteiger charge is -2.29. The largest absolute Gasteiger partial charge is 0.443 e. The lowest BCUT2D eigenvalue weighted by atomic mass is 9.92. The number of carbonyl (C=O) groups excluding carboxylic acids is 2. The second kappa shape index (κ2) is 9.97. The number of ether oxygens (including phenoxy) is 3. The van der Waals surface area contributed by atoms with E-state index in [9.17, 15) is 9.59 Å². The Morgan fingerprint density at radius 2 is 1.94 bits per heavy atom. The van der Waals surface area contributed by atoms with Crippen LogP contribution in [0.5, 0.6) is 0 Å². The highest BCUT2D eigenvalue weighted by Gasteiger charge is 2.26. The van der Waals surface area contributed by atoms with Gasteiger partial charge in [0.25, 0.3) is 5.91 Å². The molecule has 1 saturated carbocycles. The van der Waals surface area contributed by atoms with Crippen LogP contribution in [0.3, 0.4) is 0 Å². The predicted octanol–water partition coefficient (Wildman–Crippen LogP) is 4.18. The number of nitrogens with one attached hydrogen (secondary N) is 1. The van der Waals surface area contributed by atoms with E-state index in [1.54, 1.807) is 40.1 Å². The second-order valence-electron chi connectivity index (χ2n) is 8.71. The molecule has 31 heavy (non-hydrogen) atoms. The van der Waals surface area contributed by atoms with E-state index >= 15 is 0 Å². The fourth-order valence-corrected chi connectivity index (χ4v) is 3.85. The zero-order valence-corrected chi connectivity index (χ0v) is 19.2. The van der Waals surface area contributed by atoms with Crippen LogP contribution in [0.25, 0.3) is 11.0 Å². The molecule has 2 aromatic heterocycles. The molecular formula is C22H30ClN3O5. The molecular weight excluding hydrogens is 422 g/mol. The summed E-state index contributed by atoms with van der Waals surface area (Å²) in [7, 11) is 1.65. The minimum Gasteiger partial charge on any atom is -0.443 e. The average molecular weight is 452 g/mol. The summed E-state index contributed by atoms with van der Waals surface area (Å²) in [5, 5.41) is 3.77. The number of pyridine rings is 1. The number of amides is 1. The van der Waals surface area contributed by atoms with E-state index in [-0.39, 0.29) is 23.2 Å². The van der Waals surface area contributed by atoms with Crippen LogP contribution in [-0.4, -0.2) is 59.6 Å². The maximum absolute atomic E-state index is 13.0. The first-order valence-corrected chi connectivity index (χ1v) is 10.9. The minimum atomic E-state index is -0.654. The summed E-state index contributed by atoms with van der Waals surface area (Å²) in [6, 6.07) is 3.26. The van der Waals surface area contributed by atoms with Gasteiger partial charge in [-0.25, -0.2) is 14.3 Å². The highest BCUT2D eigenvalue weighted by molar-refractivity contribution is 6.30. The Hall–Kier alpha value is -2.16. The Labute approximate surface area is 187 Å². The van der Waals surface area contributed by atoms with E-state index in [0.29, 0.717) is 29.8 Å². The van der Waals surface area contributed by atoms with Crippen LogP contribution in [0.4, 0.5) is 4.79 Å². The van der Waals surface area contributed by atoms with Gasteiger partial charge in [0, 0.05) is 24.7 Å². The second-order valence-corrected chi connectivity index (χ2v) is 9.09. The Balaban J connectivity index is 1.70. The predicted molar refractivity (Wildman–Crippen MR) is 118 cm³/mol. The molecule has 9 heteroatoms. The van der Waals surface area contributed by atoms with E-state index in [1.807, 2.05) is 0 Å². The molecule has 1 aliphatic carbocycles. The van der Waals surface area contributed by atoms with Crippen LogP contribution in [0.2, 0.25) is 5.15 Å². The molecule has 1 fully saturated rings. The first-order valence-electron chi connectivity index (χ1n) is 10.5. The molecule has 2 aromatic rings. The van der Waals surface area contributed by atoms with Gasteiger partial charge in [-0.3, -0.25) is 4.79 Å². The van der Waals surface area contributed by atoms with Gasteiger partial charge >= 0.3 is 6.09 Å². The van der Waals surface area contributed by atoms with Crippen LogP contribution in [0, 0.1) is 0 Å². The molecule has 0 atom stereocenters. The molecule has 0 aromatic carbocycles. The Morgan fingerprint density at radius 3 is 2.58 bits per heavy atom. The van der Waals surface area contributed by atoms with Crippen molar-refractivity contribution < 1.29 is 23.8 Å². The van der Waals surface area contributed by atoms with Gasteiger partial charge in [-0.1, -0.05) is 11.6 Å². The van der Waals surface area contributed by atoms with Crippen molar-refractivity contribution in [1.29, 1.82) is 0 Å². The van der Waals surface area contributed by atoms with Gasteiger partial charge in [0.05, 0.1) is 24.9 Å². The molecule has 1 amide bonds. The molecule has 1 N–H and O–H groups in total. The van der Waals surface area contributed by atoms with Crippen molar-refractivity contribution in [3.63, 3.8) is 0 Å². The number of hydrogen-bond acceptors (Lipinski definition) is 6. The smallest absolute Gasteiger partial charge is 0.420 e. The van der Waals surface area contributed by atoms with Gasteiger partial charge in [0.2, 0.25) is 0 Å². The molecule has 0 saturated heterocycles. The first-order chi connectivity index (χ1) is 14.7. The van der Waals surface area contributed by atoms with Crippen molar-refractivity contribution >= 4 is 34.6 Å². The van der Waals surface area contributed by atoms with Gasteiger partial charge < -0.3 is 19.5 Å². The zero-order chi connectivity index (χ0) is 22.6. The summed E-state index contributed by atoms with van der Waals surface area (Å²) in [4.78, 5) is 29.8. The number of fused-ring (bicyclic) bond motifs is 1. The van der Waals surface area contributed by atoms with Crippen LogP contribution in [0.1, 0.15) is 56.8 Å². The van der Waals surface area contributed by atoms with E-state index in [4.69, 9.17) is 25.8 Å². The first kappa shape index (κ1) is 23.5. The molecule has 8 nitrogen and oxygen atoms in total. The minimum absolute atomic E-state index is 0.0599. The number of carbonyl (C=O) groups is 2. The molecule has 0 unspecified atom stereocenters. The van der Waals surface area contributed by atoms with Gasteiger partial charge in [0.15, 0.2) is 5.65 Å². The Morgan fingerprint density at radius 1 is 1.23 bits per heavy atom. The van der Waals surface area contributed by atoms with Gasteiger partial charge in [-0.2, -0.15) is 0 Å². The lowest BCUT2D eigenvalue weighted by Crippen LogP contribution is -2.39. The standard InChI is InChI=1S/C22H30ClN3O5/c1-22(2,3)31-21(28)26-10-9-16-17(13-18(23)25-19(16)26)20(27)24-14-5-7-15(8-6-14)30-12-11-29-4/h9-10,13-15H,5-8,11-12H2,1-4H3,(H,24,27). The fraction of sp³-hybridized carbons (Fsp3) is 0.591. The van der Waals surface area contributed by atoms with Crippen LogP contribution < -0.4 is 5.32 Å². The third kappa shape index (κ3) is 6.18. The van der Waals surface area contributed by atoms with Crippen LogP contribution in [-0.2, 0) is 14.2 Å². The molecule has 0 radical (unpaired) electrons. The van der Waals surface area contributed by atoms with Crippen molar-refractivity contribution in [2.75, 3.05) is 20.3 Å². The summed E-state index contributed by atoms with van der Waals surface area (Å²) in [5.41, 5.74) is 0.0244. The van der Waals surface area contributed by atoms with E-state index in [0.717, 1.165) is 25.7 Å². The fourth-order valence-electron chi connectivity index (χ4n) is 3.66. The van der Waals surface area contributed by atoms with Crippen molar-refractivity contribution in [3.8, 4) is 0 Å². The number of hydrogen-bond donors (Lipinski definition) is 1. The number of methoxy groups -OCH3 is 1. The molecule has 0 aliphatic heterocycles. The lowest BCUT2D eigenvalue weighted by molar-refractivity contribution is -0.00408.